The van der Waals surface area contributed by atoms with Gasteiger partial charge in [0.2, 0.25) is 0 Å². The predicted molar refractivity (Wildman–Crippen MR) is 90.9 cm³/mol. The molecule has 2 saturated carbocycles. The van der Waals surface area contributed by atoms with Crippen molar-refractivity contribution in [3.8, 4) is 0 Å². The highest BCUT2D eigenvalue weighted by atomic mass is 16.1. The number of rotatable bonds is 1. The quantitative estimate of drug-likeness (QED) is 0.661. The van der Waals surface area contributed by atoms with Crippen molar-refractivity contribution in [3.05, 3.63) is 23.3 Å². The lowest BCUT2D eigenvalue weighted by Crippen LogP contribution is -2.48. The van der Waals surface area contributed by atoms with Crippen molar-refractivity contribution in [2.24, 2.45) is 28.6 Å². The summed E-state index contributed by atoms with van der Waals surface area (Å²) in [5.41, 5.74) is 3.33. The molecule has 0 spiro atoms. The molecular weight excluding hydrogens is 284 g/mol. The van der Waals surface area contributed by atoms with Gasteiger partial charge in [-0.2, -0.15) is 0 Å². The summed E-state index contributed by atoms with van der Waals surface area (Å²) in [6.45, 7) is 6.52. The molecule has 124 valence electrons. The van der Waals surface area contributed by atoms with Crippen LogP contribution in [-0.2, 0) is 9.59 Å². The van der Waals surface area contributed by atoms with Gasteiger partial charge in [-0.15, -0.1) is 0 Å². The Kier molecular flexibility index (Phi) is 3.28. The van der Waals surface area contributed by atoms with Crippen LogP contribution in [0.5, 0.6) is 0 Å². The molecular formula is C21H28O2. The van der Waals surface area contributed by atoms with Crippen molar-refractivity contribution in [1.29, 1.82) is 0 Å². The van der Waals surface area contributed by atoms with Gasteiger partial charge in [0.15, 0.2) is 5.78 Å². The van der Waals surface area contributed by atoms with Crippen LogP contribution in [0.1, 0.15) is 65.7 Å². The molecule has 0 radical (unpaired) electrons. The summed E-state index contributed by atoms with van der Waals surface area (Å²) in [6, 6.07) is 0. The minimum absolute atomic E-state index is 0.106. The maximum absolute atomic E-state index is 12.1. The van der Waals surface area contributed by atoms with Gasteiger partial charge >= 0.3 is 0 Å². The SMILES string of the molecule is CC(=O)[C@H]1CC=C2[C@H]3CCC4=CC(=O)CC[C@]4(C)[C@@H]3CC[C@@]21C. The van der Waals surface area contributed by atoms with E-state index in [1.165, 1.54) is 18.4 Å². The average Bonchev–Trinajstić information content (AvgIpc) is 2.85. The minimum Gasteiger partial charge on any atom is -0.300 e. The van der Waals surface area contributed by atoms with Gasteiger partial charge in [0.25, 0.3) is 0 Å². The number of carbonyl (C=O) groups is 2. The maximum Gasteiger partial charge on any atom is 0.155 e. The van der Waals surface area contributed by atoms with Crippen molar-refractivity contribution in [3.63, 3.8) is 0 Å². The highest BCUT2D eigenvalue weighted by molar-refractivity contribution is 5.91. The summed E-state index contributed by atoms with van der Waals surface area (Å²) in [5.74, 6) is 2.20. The zero-order chi connectivity index (χ0) is 16.4. The fourth-order valence-corrected chi connectivity index (χ4v) is 6.51. The van der Waals surface area contributed by atoms with Crippen molar-refractivity contribution in [2.45, 2.75) is 65.7 Å². The third kappa shape index (κ3) is 1.99. The van der Waals surface area contributed by atoms with Crippen LogP contribution in [-0.4, -0.2) is 11.6 Å². The van der Waals surface area contributed by atoms with Crippen LogP contribution in [0.15, 0.2) is 23.3 Å². The van der Waals surface area contributed by atoms with Crippen LogP contribution >= 0.6 is 0 Å². The fraction of sp³-hybridized carbons (Fsp3) is 0.714. The van der Waals surface area contributed by atoms with Crippen molar-refractivity contribution in [1.82, 2.24) is 0 Å². The molecule has 4 aliphatic carbocycles. The maximum atomic E-state index is 12.1. The first-order valence-electron chi connectivity index (χ1n) is 9.31. The zero-order valence-electron chi connectivity index (χ0n) is 14.7. The Morgan fingerprint density at radius 1 is 1.13 bits per heavy atom. The fourth-order valence-electron chi connectivity index (χ4n) is 6.51. The molecule has 2 fully saturated rings. The number of fused-ring (bicyclic) bond motifs is 5. The predicted octanol–water partition coefficient (Wildman–Crippen LogP) is 4.64. The number of hydrogen-bond acceptors (Lipinski definition) is 2. The van der Waals surface area contributed by atoms with E-state index >= 15 is 0 Å². The average molecular weight is 312 g/mol. The van der Waals surface area contributed by atoms with Gasteiger partial charge in [-0.25, -0.2) is 0 Å². The molecule has 0 aromatic heterocycles. The normalized spacial score (nSPS) is 45.5. The Bertz CT molecular complexity index is 640. The van der Waals surface area contributed by atoms with Gasteiger partial charge in [-0.1, -0.05) is 31.1 Å². The number of ketones is 2. The number of allylic oxidation sites excluding steroid dienone is 4. The Morgan fingerprint density at radius 2 is 1.91 bits per heavy atom. The smallest absolute Gasteiger partial charge is 0.155 e. The molecule has 0 unspecified atom stereocenters. The number of hydrogen-bond donors (Lipinski definition) is 0. The van der Waals surface area contributed by atoms with Crippen molar-refractivity contribution < 1.29 is 9.59 Å². The van der Waals surface area contributed by atoms with E-state index in [9.17, 15) is 9.59 Å². The molecule has 0 heterocycles. The molecule has 0 saturated heterocycles. The lowest BCUT2D eigenvalue weighted by atomic mass is 9.48. The first-order valence-corrected chi connectivity index (χ1v) is 9.31. The molecule has 0 aliphatic heterocycles. The molecule has 0 amide bonds. The van der Waals surface area contributed by atoms with E-state index in [1.54, 1.807) is 12.5 Å². The standard InChI is InChI=1S/C21H28O2/c1-13(22)17-6-7-18-16-5-4-14-12-15(23)8-10-20(14,2)19(16)9-11-21(17,18)3/h7,12,16-17,19H,4-6,8-11H2,1-3H3/t16-,17-,19-,20+,21-/m1/s1. The van der Waals surface area contributed by atoms with Gasteiger partial charge in [0.1, 0.15) is 5.78 Å². The molecule has 0 bridgehead atoms. The largest absolute Gasteiger partial charge is 0.300 e. The van der Waals surface area contributed by atoms with E-state index in [-0.39, 0.29) is 16.7 Å². The number of carbonyl (C=O) groups excluding carboxylic acids is 2. The van der Waals surface area contributed by atoms with E-state index < -0.39 is 0 Å². The summed E-state index contributed by atoms with van der Waals surface area (Å²) in [4.78, 5) is 24.0. The molecule has 0 N–H and O–H groups in total. The molecule has 0 aromatic rings. The Hall–Kier alpha value is -1.18. The van der Waals surface area contributed by atoms with Gasteiger partial charge in [-0.05, 0) is 74.2 Å². The summed E-state index contributed by atoms with van der Waals surface area (Å²) >= 11 is 0. The summed E-state index contributed by atoms with van der Waals surface area (Å²) in [7, 11) is 0. The minimum atomic E-state index is 0.106. The van der Waals surface area contributed by atoms with Gasteiger partial charge < -0.3 is 0 Å². The second kappa shape index (κ2) is 4.91. The van der Waals surface area contributed by atoms with Gasteiger partial charge in [0, 0.05) is 12.3 Å². The second-order valence-electron chi connectivity index (χ2n) is 8.82. The van der Waals surface area contributed by atoms with Crippen molar-refractivity contribution in [2.75, 3.05) is 0 Å². The number of Topliss-reactive ketones (excluding diaryl/α,β-unsaturated/α-hetero) is 1. The Balaban J connectivity index is 1.70. The van der Waals surface area contributed by atoms with Crippen molar-refractivity contribution >= 4 is 11.6 Å². The lowest BCUT2D eigenvalue weighted by Gasteiger charge is -2.56. The van der Waals surface area contributed by atoms with Crippen LogP contribution in [0.25, 0.3) is 0 Å². The molecule has 2 heteroatoms. The summed E-state index contributed by atoms with van der Waals surface area (Å²) < 4.78 is 0. The highest BCUT2D eigenvalue weighted by Crippen LogP contribution is 2.64. The molecule has 4 rings (SSSR count). The molecule has 23 heavy (non-hydrogen) atoms. The van der Waals surface area contributed by atoms with Crippen LogP contribution < -0.4 is 0 Å². The molecule has 4 aliphatic rings. The zero-order valence-corrected chi connectivity index (χ0v) is 14.7. The summed E-state index contributed by atoms with van der Waals surface area (Å²) in [6.07, 6.45) is 11.7. The van der Waals surface area contributed by atoms with E-state index in [4.69, 9.17) is 0 Å². The third-order valence-corrected chi connectivity index (χ3v) is 7.86. The first kappa shape index (κ1) is 15.4. The van der Waals surface area contributed by atoms with Crippen LogP contribution in [0.3, 0.4) is 0 Å². The van der Waals surface area contributed by atoms with E-state index in [0.29, 0.717) is 23.4 Å². The molecule has 5 atom stereocenters. The topological polar surface area (TPSA) is 34.1 Å². The lowest BCUT2D eigenvalue weighted by molar-refractivity contribution is -0.124. The second-order valence-corrected chi connectivity index (χ2v) is 8.82. The highest BCUT2D eigenvalue weighted by Gasteiger charge is 2.56. The van der Waals surface area contributed by atoms with E-state index in [2.05, 4.69) is 19.9 Å². The molecule has 0 aromatic carbocycles. The summed E-state index contributed by atoms with van der Waals surface area (Å²) in [5, 5.41) is 0. The van der Waals surface area contributed by atoms with Crippen LogP contribution in [0.4, 0.5) is 0 Å². The monoisotopic (exact) mass is 312 g/mol. The molecule has 2 nitrogen and oxygen atoms in total. The third-order valence-electron chi connectivity index (χ3n) is 7.86. The van der Waals surface area contributed by atoms with Gasteiger partial charge in [0.05, 0.1) is 0 Å². The Labute approximate surface area is 139 Å². The van der Waals surface area contributed by atoms with E-state index in [1.807, 2.05) is 6.08 Å². The van der Waals surface area contributed by atoms with Gasteiger partial charge in [-0.3, -0.25) is 9.59 Å². The Morgan fingerprint density at radius 3 is 2.65 bits per heavy atom. The van der Waals surface area contributed by atoms with E-state index in [0.717, 1.165) is 32.1 Å². The van der Waals surface area contributed by atoms with Crippen LogP contribution in [0, 0.1) is 28.6 Å². The first-order chi connectivity index (χ1) is 10.9. The van der Waals surface area contributed by atoms with Crippen LogP contribution in [0.2, 0.25) is 0 Å².